The highest BCUT2D eigenvalue weighted by Gasteiger charge is 2.11. The summed E-state index contributed by atoms with van der Waals surface area (Å²) in [6, 6.07) is 12.4. The van der Waals surface area contributed by atoms with E-state index in [-0.39, 0.29) is 24.1 Å². The minimum absolute atomic E-state index is 0.0694. The highest BCUT2D eigenvalue weighted by molar-refractivity contribution is 6.05. The maximum atomic E-state index is 12.6. The van der Waals surface area contributed by atoms with E-state index >= 15 is 0 Å². The monoisotopic (exact) mass is 367 g/mol. The van der Waals surface area contributed by atoms with Crippen molar-refractivity contribution in [2.24, 2.45) is 0 Å². The Balaban J connectivity index is 2.13. The van der Waals surface area contributed by atoms with Gasteiger partial charge in [0.05, 0.1) is 6.42 Å². The Morgan fingerprint density at radius 1 is 0.963 bits per heavy atom. The Bertz CT molecular complexity index is 846. The molecule has 0 heterocycles. The van der Waals surface area contributed by atoms with Gasteiger partial charge in [0.15, 0.2) is 0 Å². The van der Waals surface area contributed by atoms with E-state index in [0.29, 0.717) is 23.4 Å². The molecule has 0 bridgehead atoms. The molecule has 0 aliphatic heterocycles. The topological polar surface area (TPSA) is 87.3 Å². The van der Waals surface area contributed by atoms with Crippen LogP contribution in [-0.2, 0) is 16.0 Å². The van der Waals surface area contributed by atoms with E-state index in [1.165, 1.54) is 0 Å². The predicted molar refractivity (Wildman–Crippen MR) is 107 cm³/mol. The van der Waals surface area contributed by atoms with Crippen LogP contribution in [-0.4, -0.2) is 24.8 Å². The van der Waals surface area contributed by atoms with E-state index in [4.69, 9.17) is 0 Å². The lowest BCUT2D eigenvalue weighted by molar-refractivity contribution is -0.120. The summed E-state index contributed by atoms with van der Waals surface area (Å²) in [4.78, 5) is 35.9. The number of carbonyl (C=O) groups is 3. The zero-order valence-corrected chi connectivity index (χ0v) is 15.9. The van der Waals surface area contributed by atoms with Crippen LogP contribution in [0.1, 0.15) is 41.3 Å². The molecule has 0 fully saturated rings. The van der Waals surface area contributed by atoms with Gasteiger partial charge in [-0.15, -0.1) is 0 Å². The van der Waals surface area contributed by atoms with Crippen molar-refractivity contribution >= 4 is 29.1 Å². The average molecular weight is 367 g/mol. The normalized spacial score (nSPS) is 10.2. The van der Waals surface area contributed by atoms with Crippen LogP contribution in [0.25, 0.3) is 0 Å². The Morgan fingerprint density at radius 2 is 1.74 bits per heavy atom. The summed E-state index contributed by atoms with van der Waals surface area (Å²) >= 11 is 0. The second-order valence-electron chi connectivity index (χ2n) is 6.33. The second kappa shape index (κ2) is 9.52. The molecule has 3 N–H and O–H groups in total. The molecule has 2 aromatic rings. The molecule has 3 amide bonds. The summed E-state index contributed by atoms with van der Waals surface area (Å²) in [5, 5.41) is 8.25. The largest absolute Gasteiger partial charge is 0.359 e. The number of nitrogens with one attached hydrogen (secondary N) is 3. The first-order valence-corrected chi connectivity index (χ1v) is 8.94. The molecule has 2 rings (SSSR count). The molecule has 0 spiro atoms. The van der Waals surface area contributed by atoms with Crippen molar-refractivity contribution in [1.82, 2.24) is 5.32 Å². The number of hydrogen-bond acceptors (Lipinski definition) is 3. The van der Waals surface area contributed by atoms with E-state index in [1.54, 1.807) is 43.4 Å². The number of rotatable bonds is 7. The van der Waals surface area contributed by atoms with E-state index in [0.717, 1.165) is 17.5 Å². The van der Waals surface area contributed by atoms with Gasteiger partial charge < -0.3 is 16.0 Å². The quantitative estimate of drug-likeness (QED) is 0.702. The lowest BCUT2D eigenvalue weighted by Crippen LogP contribution is -2.20. The van der Waals surface area contributed by atoms with Gasteiger partial charge in [0.25, 0.3) is 5.91 Å². The van der Waals surface area contributed by atoms with Gasteiger partial charge in [-0.3, -0.25) is 14.4 Å². The molecule has 0 aliphatic rings. The maximum Gasteiger partial charge on any atom is 0.255 e. The Morgan fingerprint density at radius 3 is 2.44 bits per heavy atom. The van der Waals surface area contributed by atoms with E-state index in [2.05, 4.69) is 16.0 Å². The Hall–Kier alpha value is -3.15. The maximum absolute atomic E-state index is 12.6. The highest BCUT2D eigenvalue weighted by Crippen LogP contribution is 2.19. The standard InChI is InChI=1S/C21H25N3O3/c1-4-6-19(25)24-18-13-16(10-9-14(18)2)21(27)23-17-8-5-7-15(11-17)12-20(26)22-3/h5,7-11,13H,4,6,12H2,1-3H3,(H,22,26)(H,23,27)(H,24,25). The van der Waals surface area contributed by atoms with Gasteiger partial charge in [-0.25, -0.2) is 0 Å². The highest BCUT2D eigenvalue weighted by atomic mass is 16.2. The number of hydrogen-bond donors (Lipinski definition) is 3. The fourth-order valence-corrected chi connectivity index (χ4v) is 2.57. The van der Waals surface area contributed by atoms with Crippen molar-refractivity contribution in [2.45, 2.75) is 33.1 Å². The van der Waals surface area contributed by atoms with Gasteiger partial charge in [0.2, 0.25) is 11.8 Å². The van der Waals surface area contributed by atoms with Crippen LogP contribution >= 0.6 is 0 Å². The molecule has 0 aliphatic carbocycles. The van der Waals surface area contributed by atoms with Gasteiger partial charge in [0.1, 0.15) is 0 Å². The SMILES string of the molecule is CCCC(=O)Nc1cc(C(=O)Nc2cccc(CC(=O)NC)c2)ccc1C. The lowest BCUT2D eigenvalue weighted by Gasteiger charge is -2.11. The summed E-state index contributed by atoms with van der Waals surface area (Å²) in [5.41, 5.74) is 3.39. The molecule has 0 atom stereocenters. The zero-order valence-electron chi connectivity index (χ0n) is 15.9. The smallest absolute Gasteiger partial charge is 0.255 e. The van der Waals surface area contributed by atoms with Gasteiger partial charge in [0, 0.05) is 30.4 Å². The molecule has 0 saturated carbocycles. The van der Waals surface area contributed by atoms with Crippen LogP contribution < -0.4 is 16.0 Å². The van der Waals surface area contributed by atoms with Crippen LogP contribution in [0, 0.1) is 6.92 Å². The molecule has 6 nitrogen and oxygen atoms in total. The Kier molecular flexibility index (Phi) is 7.11. The van der Waals surface area contributed by atoms with Gasteiger partial charge in [-0.2, -0.15) is 0 Å². The van der Waals surface area contributed by atoms with Crippen LogP contribution in [0.3, 0.4) is 0 Å². The minimum Gasteiger partial charge on any atom is -0.359 e. The summed E-state index contributed by atoms with van der Waals surface area (Å²) < 4.78 is 0. The molecule has 0 radical (unpaired) electrons. The number of aryl methyl sites for hydroxylation is 1. The number of benzene rings is 2. The van der Waals surface area contributed by atoms with Gasteiger partial charge >= 0.3 is 0 Å². The van der Waals surface area contributed by atoms with Crippen LogP contribution in [0.15, 0.2) is 42.5 Å². The molecule has 2 aromatic carbocycles. The third kappa shape index (κ3) is 5.95. The molecule has 0 unspecified atom stereocenters. The van der Waals surface area contributed by atoms with Crippen molar-refractivity contribution in [3.05, 3.63) is 59.2 Å². The predicted octanol–water partition coefficient (Wildman–Crippen LogP) is 3.27. The van der Waals surface area contributed by atoms with Crippen LogP contribution in [0.4, 0.5) is 11.4 Å². The van der Waals surface area contributed by atoms with E-state index in [1.807, 2.05) is 19.9 Å². The molecular formula is C21H25N3O3. The van der Waals surface area contributed by atoms with Crippen molar-refractivity contribution in [1.29, 1.82) is 0 Å². The molecule has 27 heavy (non-hydrogen) atoms. The molecule has 0 aromatic heterocycles. The van der Waals surface area contributed by atoms with Crippen molar-refractivity contribution in [3.63, 3.8) is 0 Å². The minimum atomic E-state index is -0.280. The third-order valence-electron chi connectivity index (χ3n) is 4.08. The molecule has 6 heteroatoms. The fourth-order valence-electron chi connectivity index (χ4n) is 2.57. The third-order valence-corrected chi connectivity index (χ3v) is 4.08. The van der Waals surface area contributed by atoms with E-state index in [9.17, 15) is 14.4 Å². The summed E-state index contributed by atoms with van der Waals surface area (Å²) in [7, 11) is 1.59. The summed E-state index contributed by atoms with van der Waals surface area (Å²) in [5.74, 6) is -0.442. The van der Waals surface area contributed by atoms with Crippen molar-refractivity contribution in [2.75, 3.05) is 17.7 Å². The molecule has 142 valence electrons. The average Bonchev–Trinajstić information content (AvgIpc) is 2.63. The van der Waals surface area contributed by atoms with Crippen molar-refractivity contribution in [3.8, 4) is 0 Å². The molecular weight excluding hydrogens is 342 g/mol. The van der Waals surface area contributed by atoms with Gasteiger partial charge in [-0.05, 0) is 48.7 Å². The number of amides is 3. The van der Waals surface area contributed by atoms with Crippen molar-refractivity contribution < 1.29 is 14.4 Å². The first-order valence-electron chi connectivity index (χ1n) is 8.94. The first kappa shape index (κ1) is 20.2. The first-order chi connectivity index (χ1) is 12.9. The fraction of sp³-hybridized carbons (Fsp3) is 0.286. The van der Waals surface area contributed by atoms with Gasteiger partial charge in [-0.1, -0.05) is 25.1 Å². The number of likely N-dealkylation sites (N-methyl/N-ethyl adjacent to an activating group) is 1. The lowest BCUT2D eigenvalue weighted by atomic mass is 10.1. The van der Waals surface area contributed by atoms with Crippen LogP contribution in [0.5, 0.6) is 0 Å². The van der Waals surface area contributed by atoms with E-state index < -0.39 is 0 Å². The van der Waals surface area contributed by atoms with Crippen LogP contribution in [0.2, 0.25) is 0 Å². The molecule has 0 saturated heterocycles. The number of carbonyl (C=O) groups excluding carboxylic acids is 3. The Labute approximate surface area is 159 Å². The summed E-state index contributed by atoms with van der Waals surface area (Å²) in [6.45, 7) is 3.82. The number of anilines is 2. The second-order valence-corrected chi connectivity index (χ2v) is 6.33. The zero-order chi connectivity index (χ0) is 19.8. The summed E-state index contributed by atoms with van der Waals surface area (Å²) in [6.07, 6.45) is 1.45.